The number of thiazole rings is 1. The quantitative estimate of drug-likeness (QED) is 0.309. The summed E-state index contributed by atoms with van der Waals surface area (Å²) >= 11 is 1.23. The van der Waals surface area contributed by atoms with Crippen LogP contribution in [0.5, 0.6) is 0 Å². The number of non-ortho nitro benzene ring substituents is 1. The molecule has 2 aromatic carbocycles. The van der Waals surface area contributed by atoms with Crippen molar-refractivity contribution in [2.75, 3.05) is 6.61 Å². The molecule has 0 fully saturated rings. The summed E-state index contributed by atoms with van der Waals surface area (Å²) < 4.78 is 7.26. The maximum Gasteiger partial charge on any atom is 0.338 e. The SMILES string of the molecule is CCOC(=O)C1=C(C)N=c2s/c(=C\C=C\c3ccc([N+](=O)[O-])cc3)c(=O)n2C1c1ccccc1. The van der Waals surface area contributed by atoms with E-state index in [0.717, 1.165) is 11.1 Å². The number of fused-ring (bicyclic) bond motifs is 1. The smallest absolute Gasteiger partial charge is 0.338 e. The summed E-state index contributed by atoms with van der Waals surface area (Å²) in [4.78, 5) is 41.6. The van der Waals surface area contributed by atoms with E-state index in [4.69, 9.17) is 4.74 Å². The molecule has 0 amide bonds. The molecule has 0 saturated heterocycles. The van der Waals surface area contributed by atoms with E-state index in [1.54, 1.807) is 44.2 Å². The van der Waals surface area contributed by atoms with Crippen molar-refractivity contribution in [1.82, 2.24) is 4.57 Å². The van der Waals surface area contributed by atoms with Crippen molar-refractivity contribution in [3.63, 3.8) is 0 Å². The molecular formula is C25H21N3O5S. The van der Waals surface area contributed by atoms with Gasteiger partial charge >= 0.3 is 5.97 Å². The third kappa shape index (κ3) is 4.51. The Hall–Kier alpha value is -4.11. The molecule has 0 spiro atoms. The molecule has 0 saturated carbocycles. The van der Waals surface area contributed by atoms with Crippen LogP contribution in [-0.2, 0) is 9.53 Å². The lowest BCUT2D eigenvalue weighted by molar-refractivity contribution is -0.384. The number of nitrogens with zero attached hydrogens (tertiary/aromatic N) is 3. The van der Waals surface area contributed by atoms with Crippen molar-refractivity contribution in [3.8, 4) is 0 Å². The molecule has 172 valence electrons. The number of hydrogen-bond acceptors (Lipinski definition) is 7. The van der Waals surface area contributed by atoms with E-state index in [1.165, 1.54) is 28.0 Å². The molecule has 1 unspecified atom stereocenters. The Bertz CT molecular complexity index is 1480. The third-order valence-corrected chi connectivity index (χ3v) is 6.27. The predicted octanol–water partition coefficient (Wildman–Crippen LogP) is 3.37. The molecule has 0 bridgehead atoms. The van der Waals surface area contributed by atoms with Crippen molar-refractivity contribution < 1.29 is 14.5 Å². The highest BCUT2D eigenvalue weighted by Gasteiger charge is 2.33. The zero-order chi connectivity index (χ0) is 24.2. The Labute approximate surface area is 198 Å². The Balaban J connectivity index is 1.78. The van der Waals surface area contributed by atoms with Crippen molar-refractivity contribution in [2.45, 2.75) is 19.9 Å². The number of carbonyl (C=O) groups excluding carboxylic acids is 1. The van der Waals surface area contributed by atoms with Crippen molar-refractivity contribution in [2.24, 2.45) is 4.99 Å². The summed E-state index contributed by atoms with van der Waals surface area (Å²) in [5.41, 5.74) is 2.15. The molecule has 8 nitrogen and oxygen atoms in total. The molecule has 0 aliphatic carbocycles. The van der Waals surface area contributed by atoms with Gasteiger partial charge in [0, 0.05) is 12.1 Å². The predicted molar refractivity (Wildman–Crippen MR) is 130 cm³/mol. The zero-order valence-electron chi connectivity index (χ0n) is 18.5. The second-order valence-corrected chi connectivity index (χ2v) is 8.45. The number of benzene rings is 2. The number of carbonyl (C=O) groups is 1. The first-order chi connectivity index (χ1) is 16.4. The molecule has 0 radical (unpaired) electrons. The van der Waals surface area contributed by atoms with Crippen LogP contribution in [0.3, 0.4) is 0 Å². The molecule has 4 rings (SSSR count). The van der Waals surface area contributed by atoms with E-state index < -0.39 is 16.9 Å². The highest BCUT2D eigenvalue weighted by atomic mass is 32.1. The number of allylic oxidation sites excluding steroid dienone is 2. The van der Waals surface area contributed by atoms with E-state index >= 15 is 0 Å². The van der Waals surface area contributed by atoms with E-state index in [2.05, 4.69) is 4.99 Å². The van der Waals surface area contributed by atoms with Crippen LogP contribution in [0, 0.1) is 10.1 Å². The van der Waals surface area contributed by atoms with Crippen LogP contribution < -0.4 is 14.9 Å². The largest absolute Gasteiger partial charge is 0.463 e. The van der Waals surface area contributed by atoms with Crippen molar-refractivity contribution in [3.05, 3.63) is 113 Å². The van der Waals surface area contributed by atoms with Gasteiger partial charge in [-0.2, -0.15) is 0 Å². The summed E-state index contributed by atoms with van der Waals surface area (Å²) in [7, 11) is 0. The van der Waals surface area contributed by atoms with Crippen LogP contribution in [0.4, 0.5) is 5.69 Å². The second-order valence-electron chi connectivity index (χ2n) is 7.44. The van der Waals surface area contributed by atoms with Gasteiger partial charge in [0.2, 0.25) is 0 Å². The van der Waals surface area contributed by atoms with Crippen LogP contribution >= 0.6 is 11.3 Å². The number of nitro groups is 1. The van der Waals surface area contributed by atoms with E-state index in [-0.39, 0.29) is 17.9 Å². The molecule has 0 N–H and O–H groups in total. The monoisotopic (exact) mass is 475 g/mol. The number of aromatic nitrogens is 1. The average Bonchev–Trinajstić information content (AvgIpc) is 3.13. The fourth-order valence-electron chi connectivity index (χ4n) is 3.71. The Morgan fingerprint density at radius 1 is 1.21 bits per heavy atom. The van der Waals surface area contributed by atoms with Gasteiger partial charge in [-0.25, -0.2) is 9.79 Å². The summed E-state index contributed by atoms with van der Waals surface area (Å²) in [6.07, 6.45) is 5.15. The molecule has 2 heterocycles. The maximum atomic E-state index is 13.4. The van der Waals surface area contributed by atoms with E-state index in [0.29, 0.717) is 20.6 Å². The Morgan fingerprint density at radius 3 is 2.56 bits per heavy atom. The average molecular weight is 476 g/mol. The Morgan fingerprint density at radius 2 is 1.91 bits per heavy atom. The second kappa shape index (κ2) is 9.80. The molecule has 9 heteroatoms. The third-order valence-electron chi connectivity index (χ3n) is 5.27. The van der Waals surface area contributed by atoms with Crippen LogP contribution in [0.1, 0.15) is 31.0 Å². The van der Waals surface area contributed by atoms with Gasteiger partial charge in [-0.3, -0.25) is 19.5 Å². The molecule has 1 aliphatic heterocycles. The molecular weight excluding hydrogens is 454 g/mol. The number of rotatable bonds is 6. The highest BCUT2D eigenvalue weighted by Crippen LogP contribution is 2.30. The van der Waals surface area contributed by atoms with Gasteiger partial charge in [0.15, 0.2) is 4.80 Å². The van der Waals surface area contributed by atoms with Crippen LogP contribution in [0.25, 0.3) is 12.2 Å². The Kier molecular flexibility index (Phi) is 6.65. The summed E-state index contributed by atoms with van der Waals surface area (Å²) in [5, 5.41) is 10.8. The zero-order valence-corrected chi connectivity index (χ0v) is 19.3. The minimum Gasteiger partial charge on any atom is -0.463 e. The highest BCUT2D eigenvalue weighted by molar-refractivity contribution is 7.07. The number of hydrogen-bond donors (Lipinski definition) is 0. The van der Waals surface area contributed by atoms with E-state index in [9.17, 15) is 19.7 Å². The molecule has 3 aromatic rings. The van der Waals surface area contributed by atoms with Crippen molar-refractivity contribution >= 4 is 35.1 Å². The lowest BCUT2D eigenvalue weighted by Crippen LogP contribution is -2.39. The summed E-state index contributed by atoms with van der Waals surface area (Å²) in [5.74, 6) is -0.495. The number of esters is 1. The fourth-order valence-corrected chi connectivity index (χ4v) is 4.71. The first-order valence-corrected chi connectivity index (χ1v) is 11.4. The maximum absolute atomic E-state index is 13.4. The van der Waals surface area contributed by atoms with Gasteiger partial charge in [0.25, 0.3) is 11.2 Å². The number of ether oxygens (including phenoxy) is 1. The lowest BCUT2D eigenvalue weighted by Gasteiger charge is -2.24. The van der Waals surface area contributed by atoms with Crippen LogP contribution in [-0.4, -0.2) is 22.1 Å². The molecule has 1 aromatic heterocycles. The summed E-state index contributed by atoms with van der Waals surface area (Å²) in [6, 6.07) is 14.8. The minimum atomic E-state index is -0.641. The number of nitro benzene ring substituents is 1. The first kappa shape index (κ1) is 23.1. The standard InChI is InChI=1S/C25H21N3O5S/c1-3-33-24(30)21-16(2)26-25-27(22(21)18-9-5-4-6-10-18)23(29)20(34-25)11-7-8-17-12-14-19(15-13-17)28(31)32/h4-15,22H,3H2,1-2H3/b8-7+,20-11-. The summed E-state index contributed by atoms with van der Waals surface area (Å²) in [6.45, 7) is 3.70. The normalized spacial score (nSPS) is 15.8. The topological polar surface area (TPSA) is 104 Å². The first-order valence-electron chi connectivity index (χ1n) is 10.6. The van der Waals surface area contributed by atoms with Gasteiger partial charge in [-0.15, -0.1) is 0 Å². The fraction of sp³-hybridized carbons (Fsp3) is 0.160. The molecule has 1 aliphatic rings. The lowest BCUT2D eigenvalue weighted by atomic mass is 9.96. The van der Waals surface area contributed by atoms with Crippen LogP contribution in [0.2, 0.25) is 0 Å². The van der Waals surface area contributed by atoms with E-state index in [1.807, 2.05) is 30.3 Å². The molecule has 34 heavy (non-hydrogen) atoms. The minimum absolute atomic E-state index is 0.0131. The molecule has 1 atom stereocenters. The van der Waals surface area contributed by atoms with Crippen LogP contribution in [0.15, 0.2) is 81.7 Å². The van der Waals surface area contributed by atoms with Gasteiger partial charge in [-0.05, 0) is 43.2 Å². The van der Waals surface area contributed by atoms with Gasteiger partial charge in [0.1, 0.15) is 0 Å². The van der Waals surface area contributed by atoms with Gasteiger partial charge in [0.05, 0.1) is 33.4 Å². The van der Waals surface area contributed by atoms with Crippen molar-refractivity contribution in [1.29, 1.82) is 0 Å². The van der Waals surface area contributed by atoms with Gasteiger partial charge < -0.3 is 4.74 Å². The van der Waals surface area contributed by atoms with Gasteiger partial charge in [-0.1, -0.05) is 53.8 Å².